The third-order valence-corrected chi connectivity index (χ3v) is 8.30. The lowest BCUT2D eigenvalue weighted by Gasteiger charge is -2.20. The van der Waals surface area contributed by atoms with Crippen LogP contribution in [0.25, 0.3) is 20.8 Å². The van der Waals surface area contributed by atoms with Crippen LogP contribution in [0.1, 0.15) is 18.4 Å². The van der Waals surface area contributed by atoms with Crippen LogP contribution in [0.15, 0.2) is 54.9 Å². The van der Waals surface area contributed by atoms with Crippen LogP contribution in [0, 0.1) is 5.82 Å². The number of nitrogens with two attached hydrogens (primary N) is 1. The number of carbonyl (C=O) groups excluding carboxylic acids is 2. The Hall–Kier alpha value is -4.41. The van der Waals surface area contributed by atoms with E-state index in [0.717, 1.165) is 28.0 Å². The second-order valence-corrected chi connectivity index (χ2v) is 11.9. The van der Waals surface area contributed by atoms with Gasteiger partial charge in [-0.1, -0.05) is 6.07 Å². The predicted octanol–water partition coefficient (Wildman–Crippen LogP) is 5.15. The third-order valence-electron chi connectivity index (χ3n) is 7.14. The van der Waals surface area contributed by atoms with Gasteiger partial charge in [-0.25, -0.2) is 14.0 Å². The molecule has 3 aromatic heterocycles. The highest BCUT2D eigenvalue weighted by molar-refractivity contribution is 7.22. The van der Waals surface area contributed by atoms with E-state index >= 15 is 0 Å². The Bertz CT molecular complexity index is 1650. The number of anilines is 1. The summed E-state index contributed by atoms with van der Waals surface area (Å²) >= 11 is 1.41. The fourth-order valence-corrected chi connectivity index (χ4v) is 5.53. The Morgan fingerprint density at radius 2 is 1.71 bits per heavy atom. The van der Waals surface area contributed by atoms with Crippen LogP contribution in [-0.2, 0) is 25.5 Å². The van der Waals surface area contributed by atoms with Crippen molar-refractivity contribution in [1.29, 1.82) is 0 Å². The number of thiophene rings is 1. The molecule has 48 heavy (non-hydrogen) atoms. The summed E-state index contributed by atoms with van der Waals surface area (Å²) in [5.74, 6) is -0.151. The molecular formula is C33H39FN6O7S. The smallest absolute Gasteiger partial charge is 0.319 e. The molecule has 15 heteroatoms. The number of aromatic nitrogens is 2. The van der Waals surface area contributed by atoms with Gasteiger partial charge in [-0.05, 0) is 42.7 Å². The number of amides is 4. The first-order valence-corrected chi connectivity index (χ1v) is 16.4. The van der Waals surface area contributed by atoms with Crippen molar-refractivity contribution in [1.82, 2.24) is 20.2 Å². The number of pyridine rings is 2. The van der Waals surface area contributed by atoms with Gasteiger partial charge in [0.15, 0.2) is 11.6 Å². The Kier molecular flexibility index (Phi) is 12.8. The highest BCUT2D eigenvalue weighted by atomic mass is 32.1. The molecule has 3 heterocycles. The number of hydrogen-bond donors (Lipinski definition) is 3. The minimum atomic E-state index is -0.612. The normalized spacial score (nSPS) is 12.6. The second-order valence-electron chi connectivity index (χ2n) is 10.9. The quantitative estimate of drug-likeness (QED) is 0.114. The van der Waals surface area contributed by atoms with Gasteiger partial charge in [0.25, 0.3) is 0 Å². The van der Waals surface area contributed by atoms with Crippen molar-refractivity contribution in [2.75, 3.05) is 65.2 Å². The van der Waals surface area contributed by atoms with Crippen LogP contribution in [0.5, 0.6) is 11.5 Å². The van der Waals surface area contributed by atoms with Crippen molar-refractivity contribution < 1.29 is 37.7 Å². The number of nitrogens with one attached hydrogen (secondary N) is 2. The number of nitrogens with zero attached hydrogens (tertiary/aromatic N) is 3. The zero-order chi connectivity index (χ0) is 33.7. The van der Waals surface area contributed by atoms with Gasteiger partial charge in [0.2, 0.25) is 0 Å². The minimum absolute atomic E-state index is 0.0188. The van der Waals surface area contributed by atoms with Crippen LogP contribution >= 0.6 is 11.3 Å². The molecule has 13 nitrogen and oxygen atoms in total. The lowest BCUT2D eigenvalue weighted by molar-refractivity contribution is 0.00197. The molecule has 0 aliphatic heterocycles. The van der Waals surface area contributed by atoms with Gasteiger partial charge in [0.05, 0.1) is 67.0 Å². The molecule has 0 unspecified atom stereocenters. The maximum absolute atomic E-state index is 14.9. The van der Waals surface area contributed by atoms with Gasteiger partial charge in [-0.3, -0.25) is 9.97 Å². The van der Waals surface area contributed by atoms with E-state index in [2.05, 4.69) is 20.6 Å². The lowest BCUT2D eigenvalue weighted by atomic mass is 10.2. The van der Waals surface area contributed by atoms with Crippen LogP contribution in [0.4, 0.5) is 19.7 Å². The number of ether oxygens (including phenoxy) is 5. The zero-order valence-corrected chi connectivity index (χ0v) is 27.4. The van der Waals surface area contributed by atoms with Gasteiger partial charge >= 0.3 is 12.1 Å². The second kappa shape index (κ2) is 17.7. The monoisotopic (exact) mass is 682 g/mol. The Morgan fingerprint density at radius 3 is 2.38 bits per heavy atom. The molecule has 0 saturated heterocycles. The summed E-state index contributed by atoms with van der Waals surface area (Å²) in [4.78, 5) is 35.4. The average molecular weight is 683 g/mol. The van der Waals surface area contributed by atoms with E-state index in [4.69, 9.17) is 29.4 Å². The highest BCUT2D eigenvalue weighted by Crippen LogP contribution is 2.39. The first-order valence-electron chi connectivity index (χ1n) is 15.5. The van der Waals surface area contributed by atoms with Gasteiger partial charge in [-0.15, -0.1) is 11.3 Å². The third kappa shape index (κ3) is 10.6. The van der Waals surface area contributed by atoms with Crippen LogP contribution in [0.3, 0.4) is 0 Å². The molecule has 4 N–H and O–H groups in total. The first-order chi connectivity index (χ1) is 23.4. The summed E-state index contributed by atoms with van der Waals surface area (Å²) in [6, 6.07) is 10.9. The van der Waals surface area contributed by atoms with Gasteiger partial charge in [0, 0.05) is 56.5 Å². The van der Waals surface area contributed by atoms with Crippen molar-refractivity contribution in [3.63, 3.8) is 0 Å². The van der Waals surface area contributed by atoms with Gasteiger partial charge in [0.1, 0.15) is 5.75 Å². The van der Waals surface area contributed by atoms with E-state index in [0.29, 0.717) is 75.4 Å². The molecule has 1 aromatic carbocycles. The molecule has 1 fully saturated rings. The van der Waals surface area contributed by atoms with E-state index in [1.54, 1.807) is 31.6 Å². The summed E-state index contributed by atoms with van der Waals surface area (Å²) in [6.45, 7) is 3.73. The molecule has 1 saturated carbocycles. The molecule has 4 amide bonds. The SMILES string of the molecule is COCCOCCOCCOCCN(Cc1ccc(-c2cc3nccc(Oc4ccc(NC(=O)NC5CC5)cc4F)c3s2)nc1)C(N)=O. The molecule has 0 bridgehead atoms. The zero-order valence-electron chi connectivity index (χ0n) is 26.6. The van der Waals surface area contributed by atoms with Gasteiger partial charge in [-0.2, -0.15) is 0 Å². The summed E-state index contributed by atoms with van der Waals surface area (Å²) in [5, 5.41) is 5.44. The molecule has 1 aliphatic carbocycles. The summed E-state index contributed by atoms with van der Waals surface area (Å²) in [7, 11) is 1.62. The number of benzene rings is 1. The van der Waals surface area contributed by atoms with Crippen molar-refractivity contribution in [3.05, 3.63) is 66.2 Å². The van der Waals surface area contributed by atoms with E-state index in [1.165, 1.54) is 28.4 Å². The molecule has 0 spiro atoms. The number of halogens is 1. The molecule has 0 radical (unpaired) electrons. The van der Waals surface area contributed by atoms with E-state index in [1.807, 2.05) is 18.2 Å². The first kappa shape index (κ1) is 34.9. The molecule has 256 valence electrons. The number of carbonyl (C=O) groups is 2. The van der Waals surface area contributed by atoms with Crippen LogP contribution < -0.4 is 21.1 Å². The van der Waals surface area contributed by atoms with E-state index in [-0.39, 0.29) is 24.4 Å². The number of rotatable bonds is 19. The number of urea groups is 2. The topological polar surface area (TPSA) is 159 Å². The van der Waals surface area contributed by atoms with Gasteiger partial charge < -0.3 is 45.0 Å². The number of methoxy groups -OCH3 is 1. The average Bonchev–Trinajstić information content (AvgIpc) is 3.77. The van der Waals surface area contributed by atoms with Crippen molar-refractivity contribution in [2.45, 2.75) is 25.4 Å². The van der Waals surface area contributed by atoms with Crippen LogP contribution in [-0.4, -0.2) is 92.9 Å². The maximum atomic E-state index is 14.9. The largest absolute Gasteiger partial charge is 0.453 e. The number of hydrogen-bond acceptors (Lipinski definition) is 10. The standard InChI is InChI=1S/C33H39FN6O7S/c1-43-12-13-45-16-17-46-15-14-44-11-10-40(32(35)41)21-22-2-6-26(37-20-22)30-19-27-31(48-30)29(8-9-36-27)47-28-7-5-24(18-25(28)34)39-33(42)38-23-3-4-23/h2,5-9,18-20,23H,3-4,10-17,21H2,1H3,(H2,35,41)(H2,38,39,42). The Labute approximate surface area is 281 Å². The fraction of sp³-hybridized carbons (Fsp3) is 0.394. The maximum Gasteiger partial charge on any atom is 0.319 e. The van der Waals surface area contributed by atoms with Crippen molar-refractivity contribution >= 4 is 39.3 Å². The van der Waals surface area contributed by atoms with Crippen molar-refractivity contribution in [2.24, 2.45) is 5.73 Å². The summed E-state index contributed by atoms with van der Waals surface area (Å²) < 4.78 is 42.9. The molecule has 5 rings (SSSR count). The molecular weight excluding hydrogens is 643 g/mol. The number of fused-ring (bicyclic) bond motifs is 1. The highest BCUT2D eigenvalue weighted by Gasteiger charge is 2.23. The predicted molar refractivity (Wildman–Crippen MR) is 179 cm³/mol. The van der Waals surface area contributed by atoms with Crippen molar-refractivity contribution in [3.8, 4) is 22.1 Å². The fourth-order valence-electron chi connectivity index (χ4n) is 4.49. The summed E-state index contributed by atoms with van der Waals surface area (Å²) in [6.07, 6.45) is 5.20. The number of primary amides is 1. The molecule has 4 aromatic rings. The minimum Gasteiger partial charge on any atom is -0.453 e. The Balaban J connectivity index is 1.12. The molecule has 0 atom stereocenters. The Morgan fingerprint density at radius 1 is 0.958 bits per heavy atom. The summed E-state index contributed by atoms with van der Waals surface area (Å²) in [5.41, 5.74) is 8.12. The van der Waals surface area contributed by atoms with E-state index in [9.17, 15) is 14.0 Å². The van der Waals surface area contributed by atoms with E-state index < -0.39 is 11.8 Å². The lowest BCUT2D eigenvalue weighted by Crippen LogP contribution is -2.37. The molecule has 1 aliphatic rings. The van der Waals surface area contributed by atoms with Crippen LogP contribution in [0.2, 0.25) is 0 Å².